The lowest BCUT2D eigenvalue weighted by atomic mass is 9.91. The van der Waals surface area contributed by atoms with Crippen LogP contribution in [0.25, 0.3) is 38.9 Å². The standard InChI is InChI=1S/C52H45N5S/c1-4-36-35-58-55-50-47(36)48(37-27-31-43(32-28-37)56(39-19-11-7-12-20-39)40-21-13-8-14-22-40)51-52(54-46(6-3)45(5-2)53-51)49(50)38-29-33-44(34-30-38)57(41-23-15-9-16-24-41)42-25-17-10-18-26-42/h7-34H,4-6,35H2,1-3H3. The molecule has 2 heterocycles. The van der Waals surface area contributed by atoms with Crippen molar-refractivity contribution in [2.75, 3.05) is 15.6 Å². The largest absolute Gasteiger partial charge is 0.311 e. The van der Waals surface area contributed by atoms with Gasteiger partial charge in [-0.1, -0.05) is 118 Å². The molecule has 8 aromatic rings. The molecule has 0 fully saturated rings. The van der Waals surface area contributed by atoms with Crippen molar-refractivity contribution in [2.24, 2.45) is 4.40 Å². The average molecular weight is 772 g/mol. The van der Waals surface area contributed by atoms with Gasteiger partial charge in [0, 0.05) is 56.2 Å². The van der Waals surface area contributed by atoms with Crippen molar-refractivity contribution in [2.45, 2.75) is 40.0 Å². The van der Waals surface area contributed by atoms with Crippen LogP contribution in [0.1, 0.15) is 38.6 Å². The van der Waals surface area contributed by atoms with Crippen LogP contribution in [-0.2, 0) is 12.8 Å². The van der Waals surface area contributed by atoms with E-state index in [4.69, 9.17) is 14.4 Å². The van der Waals surface area contributed by atoms with Gasteiger partial charge >= 0.3 is 0 Å². The molecule has 5 nitrogen and oxygen atoms in total. The van der Waals surface area contributed by atoms with Crippen LogP contribution in [0.3, 0.4) is 0 Å². The van der Waals surface area contributed by atoms with Crippen molar-refractivity contribution in [3.63, 3.8) is 0 Å². The second-order valence-corrected chi connectivity index (χ2v) is 15.2. The normalized spacial score (nSPS) is 12.2. The van der Waals surface area contributed by atoms with Crippen LogP contribution in [-0.4, -0.2) is 15.7 Å². The molecule has 0 N–H and O–H groups in total. The number of nitrogens with zero attached hydrogens (tertiary/aromatic N) is 5. The molecule has 0 aliphatic carbocycles. The Morgan fingerprint density at radius 3 is 1.17 bits per heavy atom. The van der Waals surface area contributed by atoms with Gasteiger partial charge < -0.3 is 9.80 Å². The van der Waals surface area contributed by atoms with E-state index in [9.17, 15) is 0 Å². The Bertz CT molecular complexity index is 2730. The lowest BCUT2D eigenvalue weighted by molar-refractivity contribution is 0.930. The third-order valence-corrected chi connectivity index (χ3v) is 11.8. The predicted molar refractivity (Wildman–Crippen MR) is 245 cm³/mol. The minimum atomic E-state index is 0.807. The molecule has 0 saturated carbocycles. The van der Waals surface area contributed by atoms with Gasteiger partial charge in [-0.3, -0.25) is 0 Å². The fraction of sp³-hybridized carbons (Fsp3) is 0.135. The summed E-state index contributed by atoms with van der Waals surface area (Å²) in [5, 5.41) is 2.19. The summed E-state index contributed by atoms with van der Waals surface area (Å²) < 4.78 is 5.29. The SMILES string of the molecule is CCC1=c2c(-c3ccc(N(c4ccccc4)c4ccccc4)cc3)c3nc(CC)c(CC)nc3c(-c3ccc(N(c4ccccc4)c4ccccc4)cc3)c2=NSC1. The van der Waals surface area contributed by atoms with Gasteiger partial charge in [0.2, 0.25) is 0 Å². The van der Waals surface area contributed by atoms with Gasteiger partial charge in [0.05, 0.1) is 27.8 Å². The van der Waals surface area contributed by atoms with Gasteiger partial charge in [0.1, 0.15) is 0 Å². The summed E-state index contributed by atoms with van der Waals surface area (Å²) in [6.07, 6.45) is 2.54. The van der Waals surface area contributed by atoms with Crippen LogP contribution in [0.4, 0.5) is 34.1 Å². The van der Waals surface area contributed by atoms with E-state index in [-0.39, 0.29) is 0 Å². The Morgan fingerprint density at radius 1 is 0.431 bits per heavy atom. The van der Waals surface area contributed by atoms with Gasteiger partial charge in [-0.15, -0.1) is 0 Å². The Hall–Kier alpha value is -6.50. The number of fused-ring (bicyclic) bond motifs is 2. The first-order valence-electron chi connectivity index (χ1n) is 20.3. The van der Waals surface area contributed by atoms with Gasteiger partial charge in [-0.25, -0.2) is 14.4 Å². The number of benzene rings is 7. The summed E-state index contributed by atoms with van der Waals surface area (Å²) >= 11 is 1.64. The summed E-state index contributed by atoms with van der Waals surface area (Å²) in [5.74, 6) is 0.846. The molecule has 0 bridgehead atoms. The fourth-order valence-electron chi connectivity index (χ4n) is 8.17. The molecule has 0 radical (unpaired) electrons. The smallest absolute Gasteiger partial charge is 0.0997 e. The topological polar surface area (TPSA) is 44.6 Å². The van der Waals surface area contributed by atoms with E-state index >= 15 is 0 Å². The fourth-order valence-corrected chi connectivity index (χ4v) is 9.05. The van der Waals surface area contributed by atoms with Crippen molar-refractivity contribution >= 4 is 62.7 Å². The minimum Gasteiger partial charge on any atom is -0.311 e. The lowest BCUT2D eigenvalue weighted by Gasteiger charge is -2.26. The van der Waals surface area contributed by atoms with Crippen LogP contribution in [0.15, 0.2) is 174 Å². The zero-order valence-corrected chi connectivity index (χ0v) is 34.0. The van der Waals surface area contributed by atoms with E-state index in [0.717, 1.165) is 109 Å². The molecule has 1 aliphatic heterocycles. The van der Waals surface area contributed by atoms with Crippen molar-refractivity contribution < 1.29 is 0 Å². The highest BCUT2D eigenvalue weighted by Gasteiger charge is 2.24. The second-order valence-electron chi connectivity index (χ2n) is 14.4. The first kappa shape index (κ1) is 37.1. The summed E-state index contributed by atoms with van der Waals surface area (Å²) in [5.41, 5.74) is 16.3. The number of hydrogen-bond acceptors (Lipinski definition) is 6. The first-order chi connectivity index (χ1) is 28.7. The molecule has 6 heteroatoms. The molecular formula is C52H45N5S. The van der Waals surface area contributed by atoms with Crippen LogP contribution in [0.2, 0.25) is 0 Å². The van der Waals surface area contributed by atoms with E-state index in [1.807, 2.05) is 0 Å². The number of para-hydroxylation sites is 4. The second kappa shape index (κ2) is 16.5. The maximum Gasteiger partial charge on any atom is 0.0997 e. The zero-order valence-electron chi connectivity index (χ0n) is 33.1. The van der Waals surface area contributed by atoms with Crippen LogP contribution >= 0.6 is 11.9 Å². The maximum absolute atomic E-state index is 5.54. The highest BCUT2D eigenvalue weighted by atomic mass is 32.2. The zero-order chi connectivity index (χ0) is 39.4. The van der Waals surface area contributed by atoms with Gasteiger partial charge in [-0.2, -0.15) is 0 Å². The molecule has 0 saturated heterocycles. The van der Waals surface area contributed by atoms with E-state index in [1.54, 1.807) is 11.9 Å². The van der Waals surface area contributed by atoms with Crippen molar-refractivity contribution in [3.8, 4) is 22.3 Å². The molecule has 0 unspecified atom stereocenters. The number of hydrogen-bond donors (Lipinski definition) is 0. The van der Waals surface area contributed by atoms with E-state index in [2.05, 4.69) is 200 Å². The molecular weight excluding hydrogens is 727 g/mol. The molecule has 0 amide bonds. The Kier molecular flexibility index (Phi) is 10.6. The van der Waals surface area contributed by atoms with E-state index in [1.165, 1.54) is 10.8 Å². The summed E-state index contributed by atoms with van der Waals surface area (Å²) in [6.45, 7) is 6.63. The Balaban J connectivity index is 1.26. The summed E-state index contributed by atoms with van der Waals surface area (Å²) in [4.78, 5) is 15.6. The van der Waals surface area contributed by atoms with Crippen LogP contribution in [0.5, 0.6) is 0 Å². The molecule has 0 atom stereocenters. The molecule has 58 heavy (non-hydrogen) atoms. The van der Waals surface area contributed by atoms with Crippen molar-refractivity contribution in [1.82, 2.24) is 9.97 Å². The number of aromatic nitrogens is 2. The molecule has 1 aliphatic rings. The van der Waals surface area contributed by atoms with E-state index < -0.39 is 0 Å². The summed E-state index contributed by atoms with van der Waals surface area (Å²) in [6, 6.07) is 60.1. The first-order valence-corrected chi connectivity index (χ1v) is 21.2. The van der Waals surface area contributed by atoms with Gasteiger partial charge in [0.25, 0.3) is 0 Å². The Labute approximate surface area is 345 Å². The molecule has 0 spiro atoms. The highest BCUT2D eigenvalue weighted by molar-refractivity contribution is 7.98. The number of rotatable bonds is 11. The monoisotopic (exact) mass is 771 g/mol. The molecule has 9 rings (SSSR count). The molecule has 1 aromatic heterocycles. The maximum atomic E-state index is 5.54. The predicted octanol–water partition coefficient (Wildman–Crippen LogP) is 12.9. The Morgan fingerprint density at radius 2 is 0.793 bits per heavy atom. The highest BCUT2D eigenvalue weighted by Crippen LogP contribution is 2.39. The van der Waals surface area contributed by atoms with Crippen LogP contribution < -0.4 is 20.4 Å². The van der Waals surface area contributed by atoms with Gasteiger partial charge in [-0.05, 0) is 121 Å². The molecule has 7 aromatic carbocycles. The van der Waals surface area contributed by atoms with Crippen molar-refractivity contribution in [1.29, 1.82) is 0 Å². The number of anilines is 6. The van der Waals surface area contributed by atoms with Gasteiger partial charge in [0.15, 0.2) is 0 Å². The minimum absolute atomic E-state index is 0.807. The van der Waals surface area contributed by atoms with Crippen molar-refractivity contribution in [3.05, 3.63) is 192 Å². The average Bonchev–Trinajstić information content (AvgIpc) is 3.30. The van der Waals surface area contributed by atoms with E-state index in [0.29, 0.717) is 0 Å². The van der Waals surface area contributed by atoms with Crippen LogP contribution in [0, 0.1) is 0 Å². The third kappa shape index (κ3) is 6.94. The lowest BCUT2D eigenvalue weighted by Crippen LogP contribution is -2.35. The molecule has 284 valence electrons. The quantitative estimate of drug-likeness (QED) is 0.123. The third-order valence-electron chi connectivity index (χ3n) is 11.0. The summed E-state index contributed by atoms with van der Waals surface area (Å²) in [7, 11) is 0. The number of aryl methyl sites for hydroxylation is 2.